The van der Waals surface area contributed by atoms with Crippen molar-refractivity contribution in [3.63, 3.8) is 0 Å². The molecular weight excluding hydrogens is 228 g/mol. The number of amides is 2. The first-order chi connectivity index (χ1) is 8.56. The van der Waals surface area contributed by atoms with Crippen molar-refractivity contribution in [1.82, 2.24) is 10.2 Å². The SMILES string of the molecule is C/C=C/CN1C(=O)C(C(C)C)NC(=O)C1C1CC1. The first-order valence-electron chi connectivity index (χ1n) is 6.78. The number of rotatable bonds is 4. The number of nitrogens with zero attached hydrogens (tertiary/aromatic N) is 1. The molecule has 2 amide bonds. The molecule has 4 nitrogen and oxygen atoms in total. The fourth-order valence-electron chi connectivity index (χ4n) is 2.51. The molecule has 1 aliphatic heterocycles. The smallest absolute Gasteiger partial charge is 0.246 e. The predicted octanol–water partition coefficient (Wildman–Crippen LogP) is 1.32. The average Bonchev–Trinajstić information content (AvgIpc) is 3.13. The Kier molecular flexibility index (Phi) is 3.73. The monoisotopic (exact) mass is 250 g/mol. The van der Waals surface area contributed by atoms with E-state index in [0.717, 1.165) is 12.8 Å². The Morgan fingerprint density at radius 3 is 2.56 bits per heavy atom. The Bertz CT molecular complexity index is 372. The molecule has 1 heterocycles. The van der Waals surface area contributed by atoms with Crippen LogP contribution in [0.15, 0.2) is 12.2 Å². The Morgan fingerprint density at radius 1 is 1.39 bits per heavy atom. The minimum Gasteiger partial charge on any atom is -0.342 e. The minimum atomic E-state index is -0.363. The molecule has 18 heavy (non-hydrogen) atoms. The third kappa shape index (κ3) is 2.42. The lowest BCUT2D eigenvalue weighted by atomic mass is 9.96. The molecule has 1 aliphatic carbocycles. The van der Waals surface area contributed by atoms with Crippen molar-refractivity contribution in [3.05, 3.63) is 12.2 Å². The lowest BCUT2D eigenvalue weighted by Gasteiger charge is -2.40. The van der Waals surface area contributed by atoms with Crippen molar-refractivity contribution < 1.29 is 9.59 Å². The Balaban J connectivity index is 2.20. The van der Waals surface area contributed by atoms with Crippen LogP contribution in [-0.4, -0.2) is 35.3 Å². The quantitative estimate of drug-likeness (QED) is 0.765. The second-order valence-corrected chi connectivity index (χ2v) is 5.57. The summed E-state index contributed by atoms with van der Waals surface area (Å²) in [5.74, 6) is 0.599. The highest BCUT2D eigenvalue weighted by Crippen LogP contribution is 2.37. The molecule has 0 bridgehead atoms. The molecule has 2 atom stereocenters. The molecule has 0 aromatic carbocycles. The van der Waals surface area contributed by atoms with E-state index in [2.05, 4.69) is 5.32 Å². The molecule has 1 N–H and O–H groups in total. The second-order valence-electron chi connectivity index (χ2n) is 5.57. The van der Waals surface area contributed by atoms with Gasteiger partial charge in [0.1, 0.15) is 12.1 Å². The average molecular weight is 250 g/mol. The van der Waals surface area contributed by atoms with Crippen molar-refractivity contribution in [2.75, 3.05) is 6.54 Å². The number of hydrogen-bond donors (Lipinski definition) is 1. The van der Waals surface area contributed by atoms with Gasteiger partial charge in [-0.15, -0.1) is 0 Å². The van der Waals surface area contributed by atoms with Gasteiger partial charge in [-0.25, -0.2) is 0 Å². The van der Waals surface area contributed by atoms with E-state index in [-0.39, 0.29) is 29.8 Å². The third-order valence-electron chi connectivity index (χ3n) is 3.72. The maximum atomic E-state index is 12.4. The molecule has 0 radical (unpaired) electrons. The number of carbonyl (C=O) groups is 2. The van der Waals surface area contributed by atoms with Gasteiger partial charge in [0.15, 0.2) is 0 Å². The summed E-state index contributed by atoms with van der Waals surface area (Å²) in [4.78, 5) is 26.4. The van der Waals surface area contributed by atoms with Crippen LogP contribution in [0.3, 0.4) is 0 Å². The molecule has 0 aromatic rings. The fraction of sp³-hybridized carbons (Fsp3) is 0.714. The van der Waals surface area contributed by atoms with Gasteiger partial charge in [0.25, 0.3) is 0 Å². The van der Waals surface area contributed by atoms with Gasteiger partial charge in [-0.1, -0.05) is 26.0 Å². The van der Waals surface area contributed by atoms with Gasteiger partial charge in [-0.2, -0.15) is 0 Å². The van der Waals surface area contributed by atoms with Gasteiger partial charge in [0.05, 0.1) is 0 Å². The van der Waals surface area contributed by atoms with Crippen molar-refractivity contribution in [3.8, 4) is 0 Å². The largest absolute Gasteiger partial charge is 0.342 e. The Labute approximate surface area is 108 Å². The van der Waals surface area contributed by atoms with E-state index in [9.17, 15) is 9.59 Å². The number of piperazine rings is 1. The first-order valence-corrected chi connectivity index (χ1v) is 6.78. The molecule has 2 unspecified atom stereocenters. The molecule has 2 rings (SSSR count). The van der Waals surface area contributed by atoms with Crippen LogP contribution in [0, 0.1) is 11.8 Å². The van der Waals surface area contributed by atoms with Crippen LogP contribution < -0.4 is 5.32 Å². The third-order valence-corrected chi connectivity index (χ3v) is 3.72. The van der Waals surface area contributed by atoms with Crippen molar-refractivity contribution in [2.45, 2.75) is 45.7 Å². The van der Waals surface area contributed by atoms with Crippen molar-refractivity contribution in [1.29, 1.82) is 0 Å². The van der Waals surface area contributed by atoms with Gasteiger partial charge in [0, 0.05) is 6.54 Å². The van der Waals surface area contributed by atoms with Crippen LogP contribution >= 0.6 is 0 Å². The van der Waals surface area contributed by atoms with Gasteiger partial charge >= 0.3 is 0 Å². The topological polar surface area (TPSA) is 49.4 Å². The zero-order valence-electron chi connectivity index (χ0n) is 11.3. The molecule has 2 aliphatic rings. The van der Waals surface area contributed by atoms with Crippen molar-refractivity contribution >= 4 is 11.8 Å². The van der Waals surface area contributed by atoms with Crippen molar-refractivity contribution in [2.24, 2.45) is 11.8 Å². The Morgan fingerprint density at radius 2 is 2.06 bits per heavy atom. The number of hydrogen-bond acceptors (Lipinski definition) is 2. The summed E-state index contributed by atoms with van der Waals surface area (Å²) in [6.07, 6.45) is 5.99. The van der Waals surface area contributed by atoms with Crippen LogP contribution in [0.5, 0.6) is 0 Å². The van der Waals surface area contributed by atoms with E-state index in [1.807, 2.05) is 32.9 Å². The zero-order valence-corrected chi connectivity index (χ0v) is 11.3. The summed E-state index contributed by atoms with van der Waals surface area (Å²) in [5, 5.41) is 2.89. The summed E-state index contributed by atoms with van der Waals surface area (Å²) < 4.78 is 0. The van der Waals surface area contributed by atoms with E-state index >= 15 is 0 Å². The fourth-order valence-corrected chi connectivity index (χ4v) is 2.51. The molecule has 0 aromatic heterocycles. The van der Waals surface area contributed by atoms with Gasteiger partial charge in [0.2, 0.25) is 11.8 Å². The minimum absolute atomic E-state index is 0.0281. The van der Waals surface area contributed by atoms with Crippen LogP contribution in [-0.2, 0) is 9.59 Å². The van der Waals surface area contributed by atoms with E-state index < -0.39 is 0 Å². The summed E-state index contributed by atoms with van der Waals surface area (Å²) in [7, 11) is 0. The number of carbonyl (C=O) groups excluding carboxylic acids is 2. The molecule has 2 fully saturated rings. The highest BCUT2D eigenvalue weighted by Gasteiger charge is 2.47. The summed E-state index contributed by atoms with van der Waals surface area (Å²) in [6.45, 7) is 6.41. The van der Waals surface area contributed by atoms with E-state index in [4.69, 9.17) is 0 Å². The molecule has 1 saturated heterocycles. The molecule has 4 heteroatoms. The standard InChI is InChI=1S/C14H22N2O2/c1-4-5-8-16-12(10-6-7-10)13(17)15-11(9(2)3)14(16)18/h4-5,9-12H,6-8H2,1-3H3,(H,15,17)/b5-4+. The summed E-state index contributed by atoms with van der Waals surface area (Å²) in [5.41, 5.74) is 0. The van der Waals surface area contributed by atoms with Crippen LogP contribution in [0.1, 0.15) is 33.6 Å². The second kappa shape index (κ2) is 5.12. The maximum Gasteiger partial charge on any atom is 0.246 e. The van der Waals surface area contributed by atoms with Gasteiger partial charge in [-0.3, -0.25) is 9.59 Å². The van der Waals surface area contributed by atoms with Crippen LogP contribution in [0.25, 0.3) is 0 Å². The lowest BCUT2D eigenvalue weighted by molar-refractivity contribution is -0.150. The molecule has 0 spiro atoms. The maximum absolute atomic E-state index is 12.4. The highest BCUT2D eigenvalue weighted by atomic mass is 16.2. The molecule has 1 saturated carbocycles. The molecular formula is C14H22N2O2. The van der Waals surface area contributed by atoms with Gasteiger partial charge in [-0.05, 0) is 31.6 Å². The number of nitrogens with one attached hydrogen (secondary N) is 1. The summed E-state index contributed by atoms with van der Waals surface area (Å²) in [6, 6.07) is -0.610. The number of allylic oxidation sites excluding steroid dienone is 1. The van der Waals surface area contributed by atoms with E-state index in [0.29, 0.717) is 12.5 Å². The molecule has 100 valence electrons. The van der Waals surface area contributed by atoms with E-state index in [1.165, 1.54) is 0 Å². The van der Waals surface area contributed by atoms with E-state index in [1.54, 1.807) is 4.90 Å². The summed E-state index contributed by atoms with van der Waals surface area (Å²) >= 11 is 0. The van der Waals surface area contributed by atoms with Crippen LogP contribution in [0.4, 0.5) is 0 Å². The normalized spacial score (nSPS) is 29.2. The lowest BCUT2D eigenvalue weighted by Crippen LogP contribution is -2.65. The van der Waals surface area contributed by atoms with Crippen LogP contribution in [0.2, 0.25) is 0 Å². The highest BCUT2D eigenvalue weighted by molar-refractivity contribution is 5.97. The Hall–Kier alpha value is -1.32. The first kappa shape index (κ1) is 13.1. The van der Waals surface area contributed by atoms with Gasteiger partial charge < -0.3 is 10.2 Å². The zero-order chi connectivity index (χ0) is 13.3. The predicted molar refractivity (Wildman–Crippen MR) is 69.8 cm³/mol.